The molecule has 0 radical (unpaired) electrons. The van der Waals surface area contributed by atoms with E-state index < -0.39 is 0 Å². The molecule has 1 atom stereocenters. The Labute approximate surface area is 121 Å². The van der Waals surface area contributed by atoms with E-state index in [0.717, 1.165) is 32.5 Å². The summed E-state index contributed by atoms with van der Waals surface area (Å²) in [5.41, 5.74) is 4.08. The Kier molecular flexibility index (Phi) is 3.87. The molecule has 20 heavy (non-hydrogen) atoms. The van der Waals surface area contributed by atoms with Gasteiger partial charge in [-0.15, -0.1) is 0 Å². The Balaban J connectivity index is 1.79. The van der Waals surface area contributed by atoms with Crippen molar-refractivity contribution in [3.8, 4) is 0 Å². The minimum absolute atomic E-state index is 0.192. The maximum absolute atomic E-state index is 6.04. The molecule has 4 nitrogen and oxygen atoms in total. The Bertz CT molecular complexity index is 476. The summed E-state index contributed by atoms with van der Waals surface area (Å²) in [6.45, 7) is 9.33. The van der Waals surface area contributed by atoms with E-state index in [2.05, 4.69) is 30.8 Å². The van der Waals surface area contributed by atoms with Crippen LogP contribution in [0.2, 0.25) is 0 Å². The topological polar surface area (TPSA) is 39.1 Å². The van der Waals surface area contributed by atoms with Gasteiger partial charge in [-0.2, -0.15) is 5.10 Å². The van der Waals surface area contributed by atoms with Crippen molar-refractivity contribution in [2.24, 2.45) is 0 Å². The third-order valence-electron chi connectivity index (χ3n) is 5.10. The second-order valence-electron chi connectivity index (χ2n) is 6.41. The lowest BCUT2D eigenvalue weighted by molar-refractivity contribution is -0.141. The molecule has 4 heteroatoms. The molecule has 1 aromatic rings. The minimum atomic E-state index is 0.192. The van der Waals surface area contributed by atoms with Crippen molar-refractivity contribution >= 4 is 0 Å². The molecule has 1 saturated heterocycles. The second kappa shape index (κ2) is 5.49. The fraction of sp³-hybridized carbons (Fsp3) is 0.812. The van der Waals surface area contributed by atoms with E-state index in [1.165, 1.54) is 36.2 Å². The zero-order valence-electron chi connectivity index (χ0n) is 13.0. The Morgan fingerprint density at radius 2 is 2.20 bits per heavy atom. The quantitative estimate of drug-likeness (QED) is 0.920. The standard InChI is InChI=1S/C16H27N3O/c1-4-17-11-15-12(2)18-19(13(15)3)14-6-9-20-16(10-14)7-5-8-16/h14,17H,4-11H2,1-3H3. The first-order valence-electron chi connectivity index (χ1n) is 8.04. The Hall–Kier alpha value is -0.870. The molecule has 0 aromatic carbocycles. The Morgan fingerprint density at radius 3 is 2.85 bits per heavy atom. The van der Waals surface area contributed by atoms with Crippen LogP contribution in [-0.4, -0.2) is 28.5 Å². The maximum atomic E-state index is 6.04. The van der Waals surface area contributed by atoms with E-state index in [4.69, 9.17) is 9.84 Å². The van der Waals surface area contributed by atoms with Crippen molar-refractivity contribution in [1.29, 1.82) is 0 Å². The summed E-state index contributed by atoms with van der Waals surface area (Å²) < 4.78 is 8.32. The van der Waals surface area contributed by atoms with Crippen LogP contribution in [0.4, 0.5) is 0 Å². The second-order valence-corrected chi connectivity index (χ2v) is 6.41. The summed E-state index contributed by atoms with van der Waals surface area (Å²) in [6.07, 6.45) is 6.07. The van der Waals surface area contributed by atoms with Gasteiger partial charge in [0.1, 0.15) is 0 Å². The first-order chi connectivity index (χ1) is 9.65. The minimum Gasteiger partial charge on any atom is -0.375 e. The first kappa shape index (κ1) is 14.1. The van der Waals surface area contributed by atoms with E-state index in [0.29, 0.717) is 6.04 Å². The molecule has 112 valence electrons. The van der Waals surface area contributed by atoms with Crippen molar-refractivity contribution in [3.63, 3.8) is 0 Å². The monoisotopic (exact) mass is 277 g/mol. The van der Waals surface area contributed by atoms with Crippen LogP contribution in [-0.2, 0) is 11.3 Å². The van der Waals surface area contributed by atoms with Gasteiger partial charge in [0, 0.05) is 24.4 Å². The van der Waals surface area contributed by atoms with Gasteiger partial charge in [-0.25, -0.2) is 0 Å². The summed E-state index contributed by atoms with van der Waals surface area (Å²) >= 11 is 0. The predicted molar refractivity (Wildman–Crippen MR) is 79.9 cm³/mol. The number of hydrogen-bond acceptors (Lipinski definition) is 3. The van der Waals surface area contributed by atoms with Gasteiger partial charge in [0.2, 0.25) is 0 Å². The van der Waals surface area contributed by atoms with Crippen LogP contribution >= 0.6 is 0 Å². The van der Waals surface area contributed by atoms with Crippen LogP contribution in [0, 0.1) is 13.8 Å². The van der Waals surface area contributed by atoms with Gasteiger partial charge >= 0.3 is 0 Å². The normalized spacial score (nSPS) is 24.9. The van der Waals surface area contributed by atoms with E-state index in [9.17, 15) is 0 Å². The van der Waals surface area contributed by atoms with E-state index in [-0.39, 0.29) is 5.60 Å². The third kappa shape index (κ3) is 2.40. The summed E-state index contributed by atoms with van der Waals surface area (Å²) in [7, 11) is 0. The number of hydrogen-bond donors (Lipinski definition) is 1. The van der Waals surface area contributed by atoms with Gasteiger partial charge in [-0.3, -0.25) is 4.68 Å². The summed E-state index contributed by atoms with van der Waals surface area (Å²) in [6, 6.07) is 0.526. The molecule has 1 aliphatic carbocycles. The molecule has 1 spiro atoms. The SMILES string of the molecule is CCNCc1c(C)nn(C2CCOC3(CCC3)C2)c1C. The van der Waals surface area contributed by atoms with E-state index in [1.54, 1.807) is 0 Å². The van der Waals surface area contributed by atoms with Gasteiger partial charge in [-0.1, -0.05) is 6.92 Å². The van der Waals surface area contributed by atoms with Gasteiger partial charge in [0.15, 0.2) is 0 Å². The molecule has 0 bridgehead atoms. The highest BCUT2D eigenvalue weighted by Crippen LogP contribution is 2.45. The van der Waals surface area contributed by atoms with Gasteiger partial charge < -0.3 is 10.1 Å². The molecule has 3 rings (SSSR count). The molecular formula is C16H27N3O. The van der Waals surface area contributed by atoms with Crippen LogP contribution in [0.3, 0.4) is 0 Å². The third-order valence-corrected chi connectivity index (χ3v) is 5.10. The van der Waals surface area contributed by atoms with Crippen LogP contribution in [0.5, 0.6) is 0 Å². The smallest absolute Gasteiger partial charge is 0.0703 e. The number of nitrogens with zero attached hydrogens (tertiary/aromatic N) is 2. The van der Waals surface area contributed by atoms with Crippen LogP contribution in [0.25, 0.3) is 0 Å². The summed E-state index contributed by atoms with van der Waals surface area (Å²) in [4.78, 5) is 0. The van der Waals surface area contributed by atoms with Gasteiger partial charge in [0.05, 0.1) is 17.3 Å². The zero-order valence-corrected chi connectivity index (χ0v) is 13.0. The molecule has 2 fully saturated rings. The van der Waals surface area contributed by atoms with Crippen LogP contribution < -0.4 is 5.32 Å². The maximum Gasteiger partial charge on any atom is 0.0703 e. The largest absolute Gasteiger partial charge is 0.375 e. The van der Waals surface area contributed by atoms with Crippen molar-refractivity contribution in [2.45, 2.75) is 71.1 Å². The predicted octanol–water partition coefficient (Wildman–Crippen LogP) is 2.88. The average molecular weight is 277 g/mol. The highest BCUT2D eigenvalue weighted by Gasteiger charge is 2.43. The molecule has 1 saturated carbocycles. The van der Waals surface area contributed by atoms with E-state index in [1.807, 2.05) is 0 Å². The lowest BCUT2D eigenvalue weighted by atomic mass is 9.74. The number of nitrogens with one attached hydrogen (secondary N) is 1. The highest BCUT2D eigenvalue weighted by molar-refractivity contribution is 5.25. The average Bonchev–Trinajstić information content (AvgIpc) is 2.70. The van der Waals surface area contributed by atoms with Gasteiger partial charge in [-0.05, 0) is 52.5 Å². The molecular weight excluding hydrogens is 250 g/mol. The molecule has 0 amide bonds. The lowest BCUT2D eigenvalue weighted by Gasteiger charge is -2.47. The fourth-order valence-electron chi connectivity index (χ4n) is 3.69. The number of aromatic nitrogens is 2. The summed E-state index contributed by atoms with van der Waals surface area (Å²) in [5, 5.41) is 8.25. The number of rotatable bonds is 4. The molecule has 1 unspecified atom stereocenters. The summed E-state index contributed by atoms with van der Waals surface area (Å²) in [5.74, 6) is 0. The van der Waals surface area contributed by atoms with Crippen molar-refractivity contribution < 1.29 is 4.74 Å². The van der Waals surface area contributed by atoms with Crippen molar-refractivity contribution in [3.05, 3.63) is 17.0 Å². The first-order valence-corrected chi connectivity index (χ1v) is 8.04. The van der Waals surface area contributed by atoms with Crippen molar-refractivity contribution in [1.82, 2.24) is 15.1 Å². The van der Waals surface area contributed by atoms with E-state index >= 15 is 0 Å². The molecule has 1 N–H and O–H groups in total. The molecule has 2 aliphatic rings. The zero-order chi connectivity index (χ0) is 14.2. The Morgan fingerprint density at radius 1 is 1.40 bits per heavy atom. The molecule has 2 heterocycles. The number of ether oxygens (including phenoxy) is 1. The lowest BCUT2D eigenvalue weighted by Crippen LogP contribution is -2.46. The molecule has 1 aromatic heterocycles. The van der Waals surface area contributed by atoms with Crippen LogP contribution in [0.1, 0.15) is 62.0 Å². The number of aryl methyl sites for hydroxylation is 1. The highest BCUT2D eigenvalue weighted by atomic mass is 16.5. The van der Waals surface area contributed by atoms with Gasteiger partial charge in [0.25, 0.3) is 0 Å². The van der Waals surface area contributed by atoms with Crippen LogP contribution in [0.15, 0.2) is 0 Å². The fourth-order valence-corrected chi connectivity index (χ4v) is 3.69. The molecule has 1 aliphatic heterocycles. The van der Waals surface area contributed by atoms with Crippen molar-refractivity contribution in [2.75, 3.05) is 13.2 Å².